The van der Waals surface area contributed by atoms with Crippen LogP contribution in [0, 0.1) is 0 Å². The number of hydrogen-bond acceptors (Lipinski definition) is 2. The molecule has 1 N–H and O–H groups in total. The van der Waals surface area contributed by atoms with Gasteiger partial charge in [0.25, 0.3) is 0 Å². The molecule has 0 aromatic carbocycles. The molecular formula is C3H6OS. The molecule has 0 aliphatic heterocycles. The van der Waals surface area contributed by atoms with E-state index >= 15 is 0 Å². The van der Waals surface area contributed by atoms with Crippen LogP contribution < -0.4 is 0 Å². The first-order valence-corrected chi connectivity index (χ1v) is 2.17. The number of rotatable bonds is 1. The Morgan fingerprint density at radius 2 is 2.40 bits per heavy atom. The molecule has 0 rings (SSSR count). The Morgan fingerprint density at radius 1 is 1.80 bits per heavy atom. The third kappa shape index (κ3) is 4.05. The second-order valence-corrected chi connectivity index (χ2v) is 1.06. The highest BCUT2D eigenvalue weighted by Crippen LogP contribution is 1.88. The zero-order valence-electron chi connectivity index (χ0n) is 3.01. The first-order valence-electron chi connectivity index (χ1n) is 1.33. The molecular weight excluding hydrogens is 84.1 g/mol. The highest BCUT2D eigenvalue weighted by Gasteiger charge is 1.53. The van der Waals surface area contributed by atoms with Crippen LogP contribution in [-0.4, -0.2) is 4.55 Å². The maximum absolute atomic E-state index is 7.90. The highest BCUT2D eigenvalue weighted by molar-refractivity contribution is 7.96. The van der Waals surface area contributed by atoms with Crippen molar-refractivity contribution in [2.45, 2.75) is 6.92 Å². The van der Waals surface area contributed by atoms with E-state index < -0.39 is 0 Å². The fraction of sp³-hybridized carbons (Fsp3) is 0.333. The maximum Gasteiger partial charge on any atom is 0.0159 e. The van der Waals surface area contributed by atoms with Crippen molar-refractivity contribution in [3.8, 4) is 0 Å². The molecule has 30 valence electrons. The Morgan fingerprint density at radius 3 is 2.40 bits per heavy atom. The summed E-state index contributed by atoms with van der Waals surface area (Å²) in [6, 6.07) is 0. The minimum Gasteiger partial charge on any atom is -0.326 e. The van der Waals surface area contributed by atoms with Gasteiger partial charge in [-0.3, -0.25) is 0 Å². The molecule has 0 saturated heterocycles. The topological polar surface area (TPSA) is 20.2 Å². The molecule has 2 heteroatoms. The average molecular weight is 90.1 g/mol. The van der Waals surface area contributed by atoms with Crippen LogP contribution in [0.3, 0.4) is 0 Å². The van der Waals surface area contributed by atoms with Crippen LogP contribution in [0.15, 0.2) is 11.5 Å². The molecule has 0 atom stereocenters. The van der Waals surface area contributed by atoms with Crippen LogP contribution in [0.4, 0.5) is 0 Å². The van der Waals surface area contributed by atoms with Crippen molar-refractivity contribution in [1.82, 2.24) is 0 Å². The summed E-state index contributed by atoms with van der Waals surface area (Å²) in [6.07, 6.45) is 1.77. The van der Waals surface area contributed by atoms with E-state index in [0.29, 0.717) is 0 Å². The minimum absolute atomic E-state index is 0.721. The highest BCUT2D eigenvalue weighted by atomic mass is 32.2. The summed E-state index contributed by atoms with van der Waals surface area (Å²) >= 11 is 0.721. The van der Waals surface area contributed by atoms with E-state index in [-0.39, 0.29) is 0 Å². The Balaban J connectivity index is 2.62. The summed E-state index contributed by atoms with van der Waals surface area (Å²) in [5.74, 6) is 0. The van der Waals surface area contributed by atoms with E-state index in [0.717, 1.165) is 12.0 Å². The van der Waals surface area contributed by atoms with Gasteiger partial charge in [0.1, 0.15) is 0 Å². The molecule has 5 heavy (non-hydrogen) atoms. The molecule has 0 spiro atoms. The monoisotopic (exact) mass is 90.0 g/mol. The van der Waals surface area contributed by atoms with Crippen molar-refractivity contribution < 1.29 is 4.55 Å². The summed E-state index contributed by atoms with van der Waals surface area (Å²) in [4.78, 5) is 0. The van der Waals surface area contributed by atoms with Crippen molar-refractivity contribution in [1.29, 1.82) is 0 Å². The maximum atomic E-state index is 7.90. The van der Waals surface area contributed by atoms with E-state index in [2.05, 4.69) is 0 Å². The van der Waals surface area contributed by atoms with E-state index in [1.807, 2.05) is 6.92 Å². The van der Waals surface area contributed by atoms with Gasteiger partial charge in [0, 0.05) is 12.0 Å². The first-order chi connectivity index (χ1) is 2.41. The Hall–Kier alpha value is 0.0500. The van der Waals surface area contributed by atoms with Crippen molar-refractivity contribution in [3.63, 3.8) is 0 Å². The number of hydrogen-bond donors (Lipinski definition) is 1. The summed E-state index contributed by atoms with van der Waals surface area (Å²) in [5, 5.41) is 1.60. The fourth-order valence-corrected chi connectivity index (χ4v) is 0.183. The molecule has 0 aliphatic carbocycles. The summed E-state index contributed by atoms with van der Waals surface area (Å²) in [5.41, 5.74) is 0. The lowest BCUT2D eigenvalue weighted by Gasteiger charge is -1.64. The van der Waals surface area contributed by atoms with E-state index in [9.17, 15) is 0 Å². The predicted molar refractivity (Wildman–Crippen MR) is 25.0 cm³/mol. The molecule has 0 amide bonds. The molecule has 0 saturated carbocycles. The van der Waals surface area contributed by atoms with Gasteiger partial charge in [-0.1, -0.05) is 6.08 Å². The number of allylic oxidation sites excluding steroid dienone is 1. The predicted octanol–water partition coefficient (Wildman–Crippen LogP) is 1.73. The van der Waals surface area contributed by atoms with Crippen molar-refractivity contribution in [3.05, 3.63) is 11.5 Å². The van der Waals surface area contributed by atoms with Crippen molar-refractivity contribution in [2.75, 3.05) is 0 Å². The van der Waals surface area contributed by atoms with Gasteiger partial charge in [-0.05, 0) is 12.3 Å². The van der Waals surface area contributed by atoms with Gasteiger partial charge in [0.15, 0.2) is 0 Å². The summed E-state index contributed by atoms with van der Waals surface area (Å²) in [6.45, 7) is 1.85. The largest absolute Gasteiger partial charge is 0.326 e. The van der Waals surface area contributed by atoms with Crippen LogP contribution in [-0.2, 0) is 0 Å². The smallest absolute Gasteiger partial charge is 0.0159 e. The van der Waals surface area contributed by atoms with Crippen LogP contribution in [0.25, 0.3) is 0 Å². The molecule has 0 fully saturated rings. The van der Waals surface area contributed by atoms with E-state index in [1.165, 1.54) is 0 Å². The van der Waals surface area contributed by atoms with Crippen molar-refractivity contribution >= 4 is 12.0 Å². The second kappa shape index (κ2) is 4.05. The van der Waals surface area contributed by atoms with E-state index in [1.54, 1.807) is 11.5 Å². The lowest BCUT2D eigenvalue weighted by atomic mass is 10.8. The fourth-order valence-electron chi connectivity index (χ4n) is 0.0609. The molecule has 0 radical (unpaired) electrons. The lowest BCUT2D eigenvalue weighted by Crippen LogP contribution is -1.36. The normalized spacial score (nSPS) is 10.0. The quantitative estimate of drug-likeness (QED) is 0.495. The van der Waals surface area contributed by atoms with Gasteiger partial charge >= 0.3 is 0 Å². The SMILES string of the molecule is C/C=C\SO. The second-order valence-electron chi connectivity index (χ2n) is 0.575. The van der Waals surface area contributed by atoms with Gasteiger partial charge in [-0.15, -0.1) is 0 Å². The van der Waals surface area contributed by atoms with Crippen LogP contribution in [0.5, 0.6) is 0 Å². The standard InChI is InChI=1S/C3H6OS/c1-2-3-5-4/h2-4H,1H3/b3-2-. The summed E-state index contributed by atoms with van der Waals surface area (Å²) < 4.78 is 7.90. The van der Waals surface area contributed by atoms with Crippen LogP contribution >= 0.6 is 12.0 Å². The van der Waals surface area contributed by atoms with Gasteiger partial charge in [-0.2, -0.15) is 0 Å². The Labute approximate surface area is 35.9 Å². The Bertz CT molecular complexity index is 33.9. The third-order valence-electron chi connectivity index (χ3n) is 0.197. The van der Waals surface area contributed by atoms with Crippen LogP contribution in [0.1, 0.15) is 6.92 Å². The molecule has 0 heterocycles. The van der Waals surface area contributed by atoms with Gasteiger partial charge in [0.05, 0.1) is 0 Å². The lowest BCUT2D eigenvalue weighted by molar-refractivity contribution is 0.671. The van der Waals surface area contributed by atoms with Gasteiger partial charge < -0.3 is 4.55 Å². The third-order valence-corrected chi connectivity index (χ3v) is 0.591. The molecule has 0 aromatic heterocycles. The summed E-state index contributed by atoms with van der Waals surface area (Å²) in [7, 11) is 0. The molecule has 0 aromatic rings. The zero-order chi connectivity index (χ0) is 4.12. The molecule has 0 aliphatic rings. The van der Waals surface area contributed by atoms with Gasteiger partial charge in [0.2, 0.25) is 0 Å². The van der Waals surface area contributed by atoms with Crippen molar-refractivity contribution in [2.24, 2.45) is 0 Å². The van der Waals surface area contributed by atoms with E-state index in [4.69, 9.17) is 4.55 Å². The first kappa shape index (κ1) is 5.05. The average Bonchev–Trinajstić information content (AvgIpc) is 1.41. The zero-order valence-corrected chi connectivity index (χ0v) is 3.83. The Kier molecular flexibility index (Phi) is 4.09. The van der Waals surface area contributed by atoms with Crippen LogP contribution in [0.2, 0.25) is 0 Å². The molecule has 0 unspecified atom stereocenters. The minimum atomic E-state index is 0.721. The molecule has 0 bridgehead atoms. The van der Waals surface area contributed by atoms with Gasteiger partial charge in [-0.25, -0.2) is 0 Å². The molecule has 1 nitrogen and oxygen atoms in total.